The molecule has 0 aliphatic heterocycles. The van der Waals surface area contributed by atoms with Crippen LogP contribution in [0.2, 0.25) is 0 Å². The molecule has 166 valence electrons. The predicted octanol–water partition coefficient (Wildman–Crippen LogP) is 4.19. The maximum Gasteiger partial charge on any atom is 0.452 e. The van der Waals surface area contributed by atoms with Gasteiger partial charge in [0.1, 0.15) is 0 Å². The molecule has 0 aliphatic carbocycles. The molecule has 0 spiro atoms. The Morgan fingerprint density at radius 1 is 1.19 bits per heavy atom. The summed E-state index contributed by atoms with van der Waals surface area (Å²) in [6.45, 7) is 6.78. The van der Waals surface area contributed by atoms with Gasteiger partial charge in [-0.15, -0.1) is 10.2 Å². The van der Waals surface area contributed by atoms with E-state index in [-0.39, 0.29) is 12.3 Å². The summed E-state index contributed by atoms with van der Waals surface area (Å²) in [5, 5.41) is 16.8. The number of halogens is 3. The molecule has 2 heterocycles. The fraction of sp³-hybridized carbons (Fsp3) is 0.409. The van der Waals surface area contributed by atoms with Gasteiger partial charge >= 0.3 is 12.1 Å². The fourth-order valence-corrected chi connectivity index (χ4v) is 4.01. The molecular weight excluding hydrogens is 411 g/mol. The number of nitrogens with zero attached hydrogens (tertiary/aromatic N) is 3. The van der Waals surface area contributed by atoms with Gasteiger partial charge in [-0.05, 0) is 61.6 Å². The minimum Gasteiger partial charge on any atom is -0.469 e. The van der Waals surface area contributed by atoms with Crippen LogP contribution in [-0.2, 0) is 22.3 Å². The minimum atomic E-state index is -4.65. The molecular formula is C22H24F3N3O3. The number of aryl methyl sites for hydroxylation is 2. The lowest BCUT2D eigenvalue weighted by Gasteiger charge is -2.34. The first-order valence-corrected chi connectivity index (χ1v) is 9.63. The number of carbonyl (C=O) groups excluding carboxylic acids is 1. The first kappa shape index (κ1) is 22.7. The number of benzene rings is 1. The van der Waals surface area contributed by atoms with Gasteiger partial charge in [0.2, 0.25) is 5.82 Å². The summed E-state index contributed by atoms with van der Waals surface area (Å²) in [7, 11) is 1.29. The highest BCUT2D eigenvalue weighted by Gasteiger charge is 2.42. The van der Waals surface area contributed by atoms with Gasteiger partial charge < -0.3 is 9.84 Å². The number of carbonyl (C=O) groups is 1. The van der Waals surface area contributed by atoms with E-state index in [9.17, 15) is 23.1 Å². The van der Waals surface area contributed by atoms with Crippen molar-refractivity contribution in [3.63, 3.8) is 0 Å². The van der Waals surface area contributed by atoms with Crippen molar-refractivity contribution in [2.24, 2.45) is 5.41 Å². The van der Waals surface area contributed by atoms with Gasteiger partial charge in [0.25, 0.3) is 0 Å². The Morgan fingerprint density at radius 3 is 2.45 bits per heavy atom. The van der Waals surface area contributed by atoms with E-state index in [1.54, 1.807) is 32.9 Å². The van der Waals surface area contributed by atoms with E-state index in [0.29, 0.717) is 16.7 Å². The van der Waals surface area contributed by atoms with Crippen molar-refractivity contribution in [3.05, 3.63) is 64.1 Å². The molecule has 0 unspecified atom stereocenters. The average molecular weight is 435 g/mol. The lowest BCUT2D eigenvalue weighted by molar-refractivity contribution is -0.151. The molecule has 0 saturated heterocycles. The summed E-state index contributed by atoms with van der Waals surface area (Å²) in [6.07, 6.45) is -3.38. The van der Waals surface area contributed by atoms with Crippen molar-refractivity contribution in [1.82, 2.24) is 14.6 Å². The lowest BCUT2D eigenvalue weighted by Crippen LogP contribution is -2.34. The number of alkyl halides is 3. The number of fused-ring (bicyclic) bond motifs is 1. The summed E-state index contributed by atoms with van der Waals surface area (Å²) < 4.78 is 45.7. The molecule has 1 aromatic carbocycles. The van der Waals surface area contributed by atoms with Crippen LogP contribution in [0.15, 0.2) is 30.5 Å². The second-order valence-corrected chi connectivity index (χ2v) is 8.10. The largest absolute Gasteiger partial charge is 0.469 e. The maximum atomic E-state index is 13.3. The number of ether oxygens (including phenoxy) is 1. The van der Waals surface area contributed by atoms with Crippen LogP contribution in [-0.4, -0.2) is 32.8 Å². The van der Waals surface area contributed by atoms with Crippen molar-refractivity contribution >= 4 is 11.6 Å². The smallest absolute Gasteiger partial charge is 0.452 e. The van der Waals surface area contributed by atoms with Crippen molar-refractivity contribution < 1.29 is 27.8 Å². The molecule has 0 radical (unpaired) electrons. The summed E-state index contributed by atoms with van der Waals surface area (Å²) in [5.74, 6) is -2.15. The highest BCUT2D eigenvalue weighted by molar-refractivity contribution is 5.78. The predicted molar refractivity (Wildman–Crippen MR) is 107 cm³/mol. The van der Waals surface area contributed by atoms with Crippen LogP contribution in [0, 0.1) is 19.3 Å². The number of hydrogen-bond acceptors (Lipinski definition) is 5. The van der Waals surface area contributed by atoms with Crippen LogP contribution in [0.1, 0.15) is 53.4 Å². The number of rotatable bonds is 5. The van der Waals surface area contributed by atoms with Crippen LogP contribution in [0.5, 0.6) is 0 Å². The van der Waals surface area contributed by atoms with Gasteiger partial charge in [0, 0.05) is 12.1 Å². The Hall–Kier alpha value is -2.94. The van der Waals surface area contributed by atoms with E-state index in [1.807, 2.05) is 19.1 Å². The SMILES string of the molecule is COC(=O)C(C)(C)[C@H](c1ccc(C)c(CO)c1)c1ccn2c(C(F)(F)F)nnc2c1C. The number of methoxy groups -OCH3 is 1. The topological polar surface area (TPSA) is 76.7 Å². The monoisotopic (exact) mass is 435 g/mol. The molecule has 0 bridgehead atoms. The number of aliphatic hydroxyl groups is 1. The Kier molecular flexibility index (Phi) is 5.84. The molecule has 3 aromatic rings. The summed E-state index contributed by atoms with van der Waals surface area (Å²) in [5.41, 5.74) is 2.41. The van der Waals surface area contributed by atoms with Crippen LogP contribution < -0.4 is 0 Å². The summed E-state index contributed by atoms with van der Waals surface area (Å²) in [6, 6.07) is 7.04. The fourth-order valence-electron chi connectivity index (χ4n) is 4.01. The molecule has 0 amide bonds. The van der Waals surface area contributed by atoms with Crippen LogP contribution in [0.4, 0.5) is 13.2 Å². The number of esters is 1. The van der Waals surface area contributed by atoms with E-state index in [4.69, 9.17) is 4.74 Å². The van der Waals surface area contributed by atoms with Gasteiger partial charge in [-0.25, -0.2) is 0 Å². The van der Waals surface area contributed by atoms with Crippen molar-refractivity contribution in [2.45, 2.75) is 46.4 Å². The third-order valence-corrected chi connectivity index (χ3v) is 5.74. The van der Waals surface area contributed by atoms with Crippen molar-refractivity contribution in [1.29, 1.82) is 0 Å². The van der Waals surface area contributed by atoms with Crippen LogP contribution in [0.3, 0.4) is 0 Å². The molecule has 6 nitrogen and oxygen atoms in total. The van der Waals surface area contributed by atoms with Gasteiger partial charge in [-0.2, -0.15) is 13.2 Å². The molecule has 0 aliphatic rings. The summed E-state index contributed by atoms with van der Waals surface area (Å²) in [4.78, 5) is 12.7. The first-order valence-electron chi connectivity index (χ1n) is 9.63. The van der Waals surface area contributed by atoms with E-state index < -0.39 is 29.3 Å². The van der Waals surface area contributed by atoms with E-state index in [1.165, 1.54) is 13.3 Å². The zero-order chi connectivity index (χ0) is 23.1. The Bertz CT molecular complexity index is 1140. The van der Waals surface area contributed by atoms with Crippen LogP contribution >= 0.6 is 0 Å². The highest BCUT2D eigenvalue weighted by Crippen LogP contribution is 2.44. The molecule has 31 heavy (non-hydrogen) atoms. The van der Waals surface area contributed by atoms with Gasteiger partial charge in [0.05, 0.1) is 19.1 Å². The second kappa shape index (κ2) is 7.96. The van der Waals surface area contributed by atoms with Crippen molar-refractivity contribution in [3.8, 4) is 0 Å². The third kappa shape index (κ3) is 3.89. The average Bonchev–Trinajstić information content (AvgIpc) is 3.15. The molecule has 2 aromatic heterocycles. The maximum absolute atomic E-state index is 13.3. The molecule has 9 heteroatoms. The molecule has 0 saturated carbocycles. The molecule has 1 N–H and O–H groups in total. The van der Waals surface area contributed by atoms with Gasteiger partial charge in [-0.1, -0.05) is 18.2 Å². The Balaban J connectivity index is 2.29. The number of aliphatic hydroxyl groups excluding tert-OH is 1. The first-order chi connectivity index (χ1) is 14.4. The van der Waals surface area contributed by atoms with Gasteiger partial charge in [-0.3, -0.25) is 9.20 Å². The zero-order valence-corrected chi connectivity index (χ0v) is 17.9. The highest BCUT2D eigenvalue weighted by atomic mass is 19.4. The Morgan fingerprint density at radius 2 is 1.87 bits per heavy atom. The second-order valence-electron chi connectivity index (χ2n) is 8.10. The number of aromatic nitrogens is 3. The standard InChI is InChI=1S/C22H24F3N3O3/c1-12-6-7-14(10-15(12)11-29)17(21(3,4)20(30)31-5)16-8-9-28-18(13(16)2)26-27-19(28)22(23,24)25/h6-10,17,29H,11H2,1-5H3/t17-/m1/s1. The molecule has 3 rings (SSSR count). The zero-order valence-electron chi connectivity index (χ0n) is 17.9. The Labute approximate surface area is 177 Å². The number of hydrogen-bond donors (Lipinski definition) is 1. The summed E-state index contributed by atoms with van der Waals surface area (Å²) >= 11 is 0. The third-order valence-electron chi connectivity index (χ3n) is 5.74. The van der Waals surface area contributed by atoms with E-state index in [2.05, 4.69) is 10.2 Å². The van der Waals surface area contributed by atoms with Gasteiger partial charge in [0.15, 0.2) is 5.65 Å². The van der Waals surface area contributed by atoms with Crippen molar-refractivity contribution in [2.75, 3.05) is 7.11 Å². The quantitative estimate of drug-likeness (QED) is 0.609. The number of pyridine rings is 1. The molecule has 0 fully saturated rings. The van der Waals surface area contributed by atoms with Crippen LogP contribution in [0.25, 0.3) is 5.65 Å². The van der Waals surface area contributed by atoms with E-state index >= 15 is 0 Å². The normalized spacial score (nSPS) is 13.5. The minimum absolute atomic E-state index is 0.0602. The van der Waals surface area contributed by atoms with E-state index in [0.717, 1.165) is 15.5 Å². The lowest BCUT2D eigenvalue weighted by atomic mass is 9.70. The molecule has 1 atom stereocenters.